The molecule has 1 aliphatic rings. The third kappa shape index (κ3) is 3.08. The Morgan fingerprint density at radius 3 is 2.90 bits per heavy atom. The predicted octanol–water partition coefficient (Wildman–Crippen LogP) is 2.96. The molecule has 3 rings (SSSR count). The van der Waals surface area contributed by atoms with Crippen molar-refractivity contribution >= 4 is 16.7 Å². The molecule has 0 spiro atoms. The quantitative estimate of drug-likeness (QED) is 0.908. The lowest BCUT2D eigenvalue weighted by molar-refractivity contribution is 0.0945. The zero-order chi connectivity index (χ0) is 14.7. The molecule has 1 heterocycles. The van der Waals surface area contributed by atoms with E-state index in [9.17, 15) is 4.79 Å². The summed E-state index contributed by atoms with van der Waals surface area (Å²) in [4.78, 5) is 12.5. The summed E-state index contributed by atoms with van der Waals surface area (Å²) >= 11 is 0. The van der Waals surface area contributed by atoms with Crippen LogP contribution < -0.4 is 10.6 Å². The van der Waals surface area contributed by atoms with Crippen LogP contribution in [0.25, 0.3) is 10.8 Å². The van der Waals surface area contributed by atoms with E-state index in [2.05, 4.69) is 17.6 Å². The van der Waals surface area contributed by atoms with Gasteiger partial charge in [0, 0.05) is 18.2 Å². The smallest absolute Gasteiger partial charge is 0.251 e. The first-order valence-electron chi connectivity index (χ1n) is 7.75. The number of hydrogen-bond donors (Lipinski definition) is 2. The minimum Gasteiger partial charge on any atom is -0.350 e. The van der Waals surface area contributed by atoms with E-state index in [0.717, 1.165) is 22.9 Å². The summed E-state index contributed by atoms with van der Waals surface area (Å²) in [7, 11) is 0. The van der Waals surface area contributed by atoms with Crippen LogP contribution >= 0.6 is 0 Å². The molecule has 2 unspecified atom stereocenters. The molecule has 0 radical (unpaired) electrons. The van der Waals surface area contributed by atoms with Crippen LogP contribution in [-0.4, -0.2) is 25.0 Å². The van der Waals surface area contributed by atoms with Gasteiger partial charge in [-0.2, -0.15) is 0 Å². The van der Waals surface area contributed by atoms with Crippen molar-refractivity contribution in [3.05, 3.63) is 48.0 Å². The summed E-state index contributed by atoms with van der Waals surface area (Å²) in [6.07, 6.45) is 2.47. The van der Waals surface area contributed by atoms with E-state index in [1.54, 1.807) is 0 Å². The van der Waals surface area contributed by atoms with E-state index in [4.69, 9.17) is 0 Å². The highest BCUT2D eigenvalue weighted by molar-refractivity contribution is 6.06. The standard InChI is InChI=1S/C18H22N2O/c1-13-6-5-11-19-17(13)12-20-18(21)16-10-4-8-14-7-2-3-9-15(14)16/h2-4,7-10,13,17,19H,5-6,11-12H2,1H3,(H,20,21). The molecular formula is C18H22N2O. The number of carbonyl (C=O) groups excluding carboxylic acids is 1. The van der Waals surface area contributed by atoms with Gasteiger partial charge in [0.25, 0.3) is 5.91 Å². The highest BCUT2D eigenvalue weighted by Crippen LogP contribution is 2.19. The van der Waals surface area contributed by atoms with Crippen LogP contribution in [0.3, 0.4) is 0 Å². The molecule has 0 bridgehead atoms. The van der Waals surface area contributed by atoms with Gasteiger partial charge in [0.15, 0.2) is 0 Å². The monoisotopic (exact) mass is 282 g/mol. The van der Waals surface area contributed by atoms with Crippen LogP contribution in [-0.2, 0) is 0 Å². The lowest BCUT2D eigenvalue weighted by atomic mass is 9.92. The molecule has 2 atom stereocenters. The number of nitrogens with one attached hydrogen (secondary N) is 2. The average molecular weight is 282 g/mol. The maximum absolute atomic E-state index is 12.5. The molecule has 3 heteroatoms. The maximum Gasteiger partial charge on any atom is 0.251 e. The Kier molecular flexibility index (Phi) is 4.20. The average Bonchev–Trinajstić information content (AvgIpc) is 2.53. The fraction of sp³-hybridized carbons (Fsp3) is 0.389. The van der Waals surface area contributed by atoms with Gasteiger partial charge >= 0.3 is 0 Å². The normalized spacial score (nSPS) is 22.1. The molecule has 1 saturated heterocycles. The van der Waals surface area contributed by atoms with E-state index >= 15 is 0 Å². The second kappa shape index (κ2) is 6.27. The Hall–Kier alpha value is -1.87. The molecule has 2 N–H and O–H groups in total. The third-order valence-electron chi connectivity index (χ3n) is 4.45. The zero-order valence-corrected chi connectivity index (χ0v) is 12.4. The number of hydrogen-bond acceptors (Lipinski definition) is 2. The molecule has 0 aromatic heterocycles. The van der Waals surface area contributed by atoms with Crippen LogP contribution in [0.4, 0.5) is 0 Å². The van der Waals surface area contributed by atoms with Crippen molar-refractivity contribution in [2.24, 2.45) is 5.92 Å². The second-order valence-corrected chi connectivity index (χ2v) is 5.92. The van der Waals surface area contributed by atoms with Crippen molar-refractivity contribution in [2.75, 3.05) is 13.1 Å². The van der Waals surface area contributed by atoms with Gasteiger partial charge in [-0.15, -0.1) is 0 Å². The van der Waals surface area contributed by atoms with Gasteiger partial charge in [-0.1, -0.05) is 43.3 Å². The molecule has 0 aliphatic carbocycles. The van der Waals surface area contributed by atoms with Crippen molar-refractivity contribution in [1.82, 2.24) is 10.6 Å². The van der Waals surface area contributed by atoms with Crippen LogP contribution in [0.2, 0.25) is 0 Å². The number of fused-ring (bicyclic) bond motifs is 1. The fourth-order valence-electron chi connectivity index (χ4n) is 3.11. The van der Waals surface area contributed by atoms with E-state index in [0.29, 0.717) is 18.5 Å². The van der Waals surface area contributed by atoms with Gasteiger partial charge in [-0.3, -0.25) is 4.79 Å². The largest absolute Gasteiger partial charge is 0.350 e. The molecule has 0 saturated carbocycles. The van der Waals surface area contributed by atoms with Crippen LogP contribution in [0.1, 0.15) is 30.1 Å². The lowest BCUT2D eigenvalue weighted by Gasteiger charge is -2.30. The third-order valence-corrected chi connectivity index (χ3v) is 4.45. The first kappa shape index (κ1) is 14.1. The molecule has 1 amide bonds. The van der Waals surface area contributed by atoms with Gasteiger partial charge < -0.3 is 10.6 Å². The Balaban J connectivity index is 1.72. The van der Waals surface area contributed by atoms with Crippen LogP contribution in [0.5, 0.6) is 0 Å². The number of benzene rings is 2. The van der Waals surface area contributed by atoms with E-state index < -0.39 is 0 Å². The summed E-state index contributed by atoms with van der Waals surface area (Å²) < 4.78 is 0. The summed E-state index contributed by atoms with van der Waals surface area (Å²) in [5.41, 5.74) is 0.761. The van der Waals surface area contributed by atoms with Gasteiger partial charge in [0.2, 0.25) is 0 Å². The minimum atomic E-state index is 0.0198. The highest BCUT2D eigenvalue weighted by atomic mass is 16.1. The Morgan fingerprint density at radius 1 is 1.24 bits per heavy atom. The SMILES string of the molecule is CC1CCCNC1CNC(=O)c1cccc2ccccc12. The van der Waals surface area contributed by atoms with Crippen LogP contribution in [0, 0.1) is 5.92 Å². The van der Waals surface area contributed by atoms with Crippen molar-refractivity contribution in [3.63, 3.8) is 0 Å². The molecule has 3 nitrogen and oxygen atoms in total. The van der Waals surface area contributed by atoms with Crippen molar-refractivity contribution in [2.45, 2.75) is 25.8 Å². The van der Waals surface area contributed by atoms with E-state index in [1.807, 2.05) is 42.5 Å². The van der Waals surface area contributed by atoms with Gasteiger partial charge in [-0.05, 0) is 42.1 Å². The Bertz CT molecular complexity index is 633. The van der Waals surface area contributed by atoms with Crippen LogP contribution in [0.15, 0.2) is 42.5 Å². The highest BCUT2D eigenvalue weighted by Gasteiger charge is 2.21. The van der Waals surface area contributed by atoms with Crippen molar-refractivity contribution < 1.29 is 4.79 Å². The number of piperidine rings is 1. The van der Waals surface area contributed by atoms with Gasteiger partial charge in [-0.25, -0.2) is 0 Å². The first-order chi connectivity index (χ1) is 10.3. The fourth-order valence-corrected chi connectivity index (χ4v) is 3.11. The number of amides is 1. The first-order valence-corrected chi connectivity index (χ1v) is 7.75. The van der Waals surface area contributed by atoms with Crippen molar-refractivity contribution in [1.29, 1.82) is 0 Å². The van der Waals surface area contributed by atoms with E-state index in [-0.39, 0.29) is 5.91 Å². The summed E-state index contributed by atoms with van der Waals surface area (Å²) in [5.74, 6) is 0.637. The Morgan fingerprint density at radius 2 is 2.05 bits per heavy atom. The van der Waals surface area contributed by atoms with E-state index in [1.165, 1.54) is 12.8 Å². The molecule has 21 heavy (non-hydrogen) atoms. The number of rotatable bonds is 3. The summed E-state index contributed by atoms with van der Waals surface area (Å²) in [6.45, 7) is 4.00. The predicted molar refractivity (Wildman–Crippen MR) is 86.5 cm³/mol. The lowest BCUT2D eigenvalue weighted by Crippen LogP contribution is -2.47. The van der Waals surface area contributed by atoms with Crippen molar-refractivity contribution in [3.8, 4) is 0 Å². The Labute approximate surface area is 125 Å². The molecule has 2 aromatic rings. The maximum atomic E-state index is 12.5. The van der Waals surface area contributed by atoms with Gasteiger partial charge in [0.05, 0.1) is 0 Å². The molecule has 1 fully saturated rings. The van der Waals surface area contributed by atoms with Gasteiger partial charge in [0.1, 0.15) is 0 Å². The zero-order valence-electron chi connectivity index (χ0n) is 12.4. The molecule has 2 aromatic carbocycles. The summed E-state index contributed by atoms with van der Waals surface area (Å²) in [5, 5.41) is 8.71. The summed E-state index contributed by atoms with van der Waals surface area (Å²) in [6, 6.07) is 14.3. The second-order valence-electron chi connectivity index (χ2n) is 5.92. The number of carbonyl (C=O) groups is 1. The molecular weight excluding hydrogens is 260 g/mol. The molecule has 110 valence electrons. The topological polar surface area (TPSA) is 41.1 Å². The molecule has 1 aliphatic heterocycles. The minimum absolute atomic E-state index is 0.0198.